The van der Waals surface area contributed by atoms with Crippen LogP contribution in [0.1, 0.15) is 33.5 Å². The highest BCUT2D eigenvalue weighted by Crippen LogP contribution is 2.35. The van der Waals surface area contributed by atoms with Crippen LogP contribution in [0.5, 0.6) is 11.5 Å². The normalized spacial score (nSPS) is 14.6. The zero-order valence-corrected chi connectivity index (χ0v) is 22.2. The first-order chi connectivity index (χ1) is 17.7. The van der Waals surface area contributed by atoms with Gasteiger partial charge in [0.05, 0.1) is 22.5 Å². The quantitative estimate of drug-likeness (QED) is 0.340. The van der Waals surface area contributed by atoms with Crippen LogP contribution in [0, 0.1) is 24.1 Å². The van der Waals surface area contributed by atoms with Crippen LogP contribution < -0.4 is 20.7 Å². The lowest BCUT2D eigenvalue weighted by Crippen LogP contribution is -2.36. The Balaban J connectivity index is 1.45. The van der Waals surface area contributed by atoms with Gasteiger partial charge in [0.25, 0.3) is 5.91 Å². The van der Waals surface area contributed by atoms with Crippen LogP contribution in [-0.2, 0) is 11.2 Å². The topological polar surface area (TPSA) is 103 Å². The van der Waals surface area contributed by atoms with E-state index in [0.717, 1.165) is 19.5 Å². The molecule has 37 heavy (non-hydrogen) atoms. The number of ether oxygens (including phenoxy) is 1. The minimum atomic E-state index is -0.715. The number of anilines is 1. The van der Waals surface area contributed by atoms with Gasteiger partial charge in [-0.3, -0.25) is 9.59 Å². The maximum atomic E-state index is 15.3. The highest BCUT2D eigenvalue weighted by Gasteiger charge is 2.20. The third-order valence-electron chi connectivity index (χ3n) is 5.86. The molecule has 1 unspecified atom stereocenters. The van der Waals surface area contributed by atoms with Crippen molar-refractivity contribution in [2.75, 3.05) is 18.4 Å². The van der Waals surface area contributed by atoms with Gasteiger partial charge in [-0.15, -0.1) is 0 Å². The van der Waals surface area contributed by atoms with Crippen molar-refractivity contribution in [2.45, 2.75) is 25.8 Å². The fourth-order valence-corrected chi connectivity index (χ4v) is 4.58. The molecule has 0 saturated carbocycles. The smallest absolute Gasteiger partial charge is 0.251 e. The average Bonchev–Trinajstić information content (AvgIpc) is 3.37. The van der Waals surface area contributed by atoms with Gasteiger partial charge in [0.1, 0.15) is 5.75 Å². The van der Waals surface area contributed by atoms with Crippen LogP contribution in [0.15, 0.2) is 53.0 Å². The summed E-state index contributed by atoms with van der Waals surface area (Å²) < 4.78 is 21.3. The summed E-state index contributed by atoms with van der Waals surface area (Å²) in [5, 5.41) is 18.4. The fraction of sp³-hybridized carbons (Fsp3) is 0.222. The number of benzene rings is 3. The molecule has 1 aliphatic rings. The standard InChI is InChI=1S/C27H23BrClFN4O3/c1-15-8-18(27(36)33-20-6-7-32-14-20)3-5-23(15)34-24(35)11-17-2-4-22(28)26(25(17)30)37-21-10-16(13-31)9-19(29)12-21/h2-5,8-10,12,20,32H,6-7,11,14H2,1H3,(H,33,36)(H,34,35). The van der Waals surface area contributed by atoms with E-state index in [0.29, 0.717) is 21.3 Å². The number of hydrogen-bond donors (Lipinski definition) is 3. The van der Waals surface area contributed by atoms with Crippen molar-refractivity contribution in [2.24, 2.45) is 0 Å². The van der Waals surface area contributed by atoms with Crippen molar-refractivity contribution >= 4 is 45.0 Å². The Kier molecular flexibility index (Phi) is 8.44. The molecule has 0 radical (unpaired) electrons. The van der Waals surface area contributed by atoms with E-state index < -0.39 is 11.7 Å². The molecule has 0 bridgehead atoms. The summed E-state index contributed by atoms with van der Waals surface area (Å²) in [6.45, 7) is 3.42. The van der Waals surface area contributed by atoms with Crippen molar-refractivity contribution in [1.82, 2.24) is 10.6 Å². The summed E-state index contributed by atoms with van der Waals surface area (Å²) in [5.74, 6) is -1.25. The molecule has 4 rings (SSSR count). The van der Waals surface area contributed by atoms with Gasteiger partial charge in [-0.25, -0.2) is 4.39 Å². The molecule has 0 aromatic heterocycles. The minimum absolute atomic E-state index is 0.106. The Morgan fingerprint density at radius 1 is 1.24 bits per heavy atom. The Morgan fingerprint density at radius 3 is 2.76 bits per heavy atom. The van der Waals surface area contributed by atoms with Crippen molar-refractivity contribution < 1.29 is 18.7 Å². The molecule has 1 saturated heterocycles. The summed E-state index contributed by atoms with van der Waals surface area (Å²) >= 11 is 9.28. The number of nitriles is 1. The van der Waals surface area contributed by atoms with E-state index in [2.05, 4.69) is 31.9 Å². The molecule has 3 N–H and O–H groups in total. The Morgan fingerprint density at radius 2 is 2.05 bits per heavy atom. The molecule has 1 fully saturated rings. The van der Waals surface area contributed by atoms with Gasteiger partial charge < -0.3 is 20.7 Å². The Bertz CT molecular complexity index is 1400. The summed E-state index contributed by atoms with van der Waals surface area (Å²) in [6, 6.07) is 14.5. The molecule has 1 heterocycles. The zero-order valence-electron chi connectivity index (χ0n) is 19.8. The van der Waals surface area contributed by atoms with E-state index >= 15 is 4.39 Å². The minimum Gasteiger partial charge on any atom is -0.453 e. The molecule has 3 aromatic rings. The summed E-state index contributed by atoms with van der Waals surface area (Å²) in [4.78, 5) is 25.3. The van der Waals surface area contributed by atoms with Gasteiger partial charge in [0, 0.05) is 34.4 Å². The van der Waals surface area contributed by atoms with Gasteiger partial charge in [-0.2, -0.15) is 5.26 Å². The summed E-state index contributed by atoms with van der Waals surface area (Å²) in [7, 11) is 0. The number of hydrogen-bond acceptors (Lipinski definition) is 5. The lowest BCUT2D eigenvalue weighted by molar-refractivity contribution is -0.115. The second-order valence-corrected chi connectivity index (χ2v) is 9.95. The second-order valence-electron chi connectivity index (χ2n) is 8.66. The fourth-order valence-electron chi connectivity index (χ4n) is 3.97. The first-order valence-corrected chi connectivity index (χ1v) is 12.7. The largest absolute Gasteiger partial charge is 0.453 e. The monoisotopic (exact) mass is 584 g/mol. The molecule has 7 nitrogen and oxygen atoms in total. The van der Waals surface area contributed by atoms with Crippen molar-refractivity contribution in [1.29, 1.82) is 5.26 Å². The molecule has 1 aliphatic heterocycles. The Labute approximate surface area is 227 Å². The molecule has 1 atom stereocenters. The zero-order chi connectivity index (χ0) is 26.5. The Hall–Kier alpha value is -3.45. The molecular formula is C27H23BrClFN4O3. The highest BCUT2D eigenvalue weighted by atomic mass is 79.9. The lowest BCUT2D eigenvalue weighted by Gasteiger charge is -2.14. The number of nitrogens with zero attached hydrogens (tertiary/aromatic N) is 1. The number of nitrogens with one attached hydrogen (secondary N) is 3. The van der Waals surface area contributed by atoms with E-state index in [-0.39, 0.29) is 46.0 Å². The molecular weight excluding hydrogens is 563 g/mol. The van der Waals surface area contributed by atoms with Gasteiger partial charge >= 0.3 is 0 Å². The van der Waals surface area contributed by atoms with E-state index in [4.69, 9.17) is 21.6 Å². The predicted molar refractivity (Wildman–Crippen MR) is 143 cm³/mol. The van der Waals surface area contributed by atoms with Crippen LogP contribution in [0.25, 0.3) is 0 Å². The first kappa shape index (κ1) is 26.6. The SMILES string of the molecule is Cc1cc(C(=O)NC2CCNC2)ccc1NC(=O)Cc1ccc(Br)c(Oc2cc(Cl)cc(C#N)c2)c1F. The summed E-state index contributed by atoms with van der Waals surface area (Å²) in [5.41, 5.74) is 2.13. The molecule has 0 aliphatic carbocycles. The van der Waals surface area contributed by atoms with Crippen LogP contribution in [0.4, 0.5) is 10.1 Å². The maximum absolute atomic E-state index is 15.3. The number of rotatable bonds is 7. The van der Waals surface area contributed by atoms with E-state index in [1.54, 1.807) is 31.2 Å². The third kappa shape index (κ3) is 6.66. The average molecular weight is 586 g/mol. The number of carbonyl (C=O) groups excluding carboxylic acids is 2. The number of aryl methyl sites for hydroxylation is 1. The number of halogens is 3. The van der Waals surface area contributed by atoms with E-state index in [9.17, 15) is 9.59 Å². The lowest BCUT2D eigenvalue weighted by atomic mass is 10.1. The van der Waals surface area contributed by atoms with Gasteiger partial charge in [-0.1, -0.05) is 17.7 Å². The van der Waals surface area contributed by atoms with Gasteiger partial charge in [-0.05, 0) is 83.8 Å². The first-order valence-electron chi connectivity index (χ1n) is 11.5. The number of carbonyl (C=O) groups is 2. The third-order valence-corrected chi connectivity index (χ3v) is 6.70. The molecule has 2 amide bonds. The molecule has 3 aromatic carbocycles. The molecule has 0 spiro atoms. The van der Waals surface area contributed by atoms with Crippen molar-refractivity contribution in [3.63, 3.8) is 0 Å². The van der Waals surface area contributed by atoms with Crippen LogP contribution >= 0.6 is 27.5 Å². The van der Waals surface area contributed by atoms with Crippen LogP contribution in [-0.4, -0.2) is 30.9 Å². The van der Waals surface area contributed by atoms with Crippen LogP contribution in [0.2, 0.25) is 5.02 Å². The van der Waals surface area contributed by atoms with Gasteiger partial charge in [0.15, 0.2) is 11.6 Å². The highest BCUT2D eigenvalue weighted by molar-refractivity contribution is 9.10. The summed E-state index contributed by atoms with van der Waals surface area (Å²) in [6.07, 6.45) is 0.642. The molecule has 10 heteroatoms. The van der Waals surface area contributed by atoms with Crippen LogP contribution in [0.3, 0.4) is 0 Å². The maximum Gasteiger partial charge on any atom is 0.251 e. The van der Waals surface area contributed by atoms with E-state index in [1.165, 1.54) is 24.3 Å². The van der Waals surface area contributed by atoms with Gasteiger partial charge in [0.2, 0.25) is 5.91 Å². The molecule has 190 valence electrons. The second kappa shape index (κ2) is 11.7. The van der Waals surface area contributed by atoms with Crippen molar-refractivity contribution in [3.8, 4) is 17.6 Å². The van der Waals surface area contributed by atoms with E-state index in [1.807, 2.05) is 6.07 Å². The predicted octanol–water partition coefficient (Wildman–Crippen LogP) is 5.49. The van der Waals surface area contributed by atoms with Crippen molar-refractivity contribution in [3.05, 3.63) is 86.1 Å². The number of amides is 2.